The van der Waals surface area contributed by atoms with Crippen LogP contribution in [0.2, 0.25) is 0 Å². The summed E-state index contributed by atoms with van der Waals surface area (Å²) in [4.78, 5) is 11.2. The highest BCUT2D eigenvalue weighted by Crippen LogP contribution is 2.24. The van der Waals surface area contributed by atoms with Gasteiger partial charge in [-0.05, 0) is 30.3 Å². The van der Waals surface area contributed by atoms with E-state index in [2.05, 4.69) is 10.4 Å². The maximum atomic E-state index is 11.2. The Kier molecular flexibility index (Phi) is 2.87. The predicted molar refractivity (Wildman–Crippen MR) is 77.4 cm³/mol. The second kappa shape index (κ2) is 4.70. The monoisotopic (exact) mass is 267 g/mol. The van der Waals surface area contributed by atoms with Gasteiger partial charge in [0.05, 0.1) is 23.0 Å². The molecule has 3 rings (SSSR count). The van der Waals surface area contributed by atoms with Crippen LogP contribution < -0.4 is 5.32 Å². The summed E-state index contributed by atoms with van der Waals surface area (Å²) in [5.41, 5.74) is 2.68. The van der Waals surface area contributed by atoms with Gasteiger partial charge < -0.3 is 10.4 Å². The molecule has 0 unspecified atom stereocenters. The summed E-state index contributed by atoms with van der Waals surface area (Å²) in [6, 6.07) is 12.6. The molecule has 5 heteroatoms. The number of hydrogen-bond donors (Lipinski definition) is 2. The van der Waals surface area contributed by atoms with E-state index < -0.39 is 5.97 Å². The molecular weight excluding hydrogens is 254 g/mol. The number of aromatic nitrogens is 2. The third-order valence-corrected chi connectivity index (χ3v) is 3.18. The summed E-state index contributed by atoms with van der Waals surface area (Å²) >= 11 is 0. The average Bonchev–Trinajstić information content (AvgIpc) is 2.80. The lowest BCUT2D eigenvalue weighted by molar-refractivity contribution is 0.0698. The Labute approximate surface area is 115 Å². The molecule has 0 amide bonds. The van der Waals surface area contributed by atoms with Crippen LogP contribution in [0.1, 0.15) is 10.4 Å². The second-order valence-electron chi connectivity index (χ2n) is 4.52. The van der Waals surface area contributed by atoms with Crippen LogP contribution in [-0.4, -0.2) is 20.9 Å². The van der Waals surface area contributed by atoms with Gasteiger partial charge in [0, 0.05) is 18.1 Å². The highest BCUT2D eigenvalue weighted by Gasteiger charge is 2.09. The van der Waals surface area contributed by atoms with Crippen LogP contribution in [0.4, 0.5) is 11.4 Å². The fourth-order valence-electron chi connectivity index (χ4n) is 2.18. The number of nitrogens with one attached hydrogen (secondary N) is 1. The highest BCUT2D eigenvalue weighted by atomic mass is 16.4. The lowest BCUT2D eigenvalue weighted by atomic mass is 10.1. The van der Waals surface area contributed by atoms with Crippen LogP contribution in [0, 0.1) is 0 Å². The first-order valence-corrected chi connectivity index (χ1v) is 6.16. The Morgan fingerprint density at radius 3 is 2.85 bits per heavy atom. The fraction of sp³-hybridized carbons (Fsp3) is 0.0667. The Balaban J connectivity index is 1.99. The highest BCUT2D eigenvalue weighted by molar-refractivity contribution is 5.95. The third kappa shape index (κ3) is 2.09. The smallest absolute Gasteiger partial charge is 0.337 e. The van der Waals surface area contributed by atoms with Gasteiger partial charge in [0.1, 0.15) is 0 Å². The number of nitrogens with zero attached hydrogens (tertiary/aromatic N) is 2. The molecule has 100 valence electrons. The minimum Gasteiger partial charge on any atom is -0.478 e. The van der Waals surface area contributed by atoms with E-state index in [1.165, 1.54) is 0 Å². The van der Waals surface area contributed by atoms with Crippen molar-refractivity contribution < 1.29 is 9.90 Å². The number of carboxylic acids is 1. The van der Waals surface area contributed by atoms with E-state index in [-0.39, 0.29) is 5.56 Å². The van der Waals surface area contributed by atoms with Crippen molar-refractivity contribution in [2.24, 2.45) is 7.05 Å². The van der Waals surface area contributed by atoms with Crippen LogP contribution in [0.15, 0.2) is 48.7 Å². The van der Waals surface area contributed by atoms with Crippen LogP contribution in [0.25, 0.3) is 10.9 Å². The largest absolute Gasteiger partial charge is 0.478 e. The summed E-state index contributed by atoms with van der Waals surface area (Å²) in [5.74, 6) is -0.949. The van der Waals surface area contributed by atoms with Crippen LogP contribution in [0.5, 0.6) is 0 Å². The van der Waals surface area contributed by atoms with Gasteiger partial charge in [-0.1, -0.05) is 12.1 Å². The molecule has 0 spiro atoms. The summed E-state index contributed by atoms with van der Waals surface area (Å²) in [6.07, 6.45) is 1.78. The number of carbonyl (C=O) groups is 1. The zero-order valence-electron chi connectivity index (χ0n) is 10.9. The minimum atomic E-state index is -0.949. The Morgan fingerprint density at radius 2 is 2.05 bits per heavy atom. The van der Waals surface area contributed by atoms with E-state index in [0.29, 0.717) is 5.69 Å². The lowest BCUT2D eigenvalue weighted by Crippen LogP contribution is -2.02. The number of fused-ring (bicyclic) bond motifs is 1. The number of aromatic carboxylic acids is 1. The lowest BCUT2D eigenvalue weighted by Gasteiger charge is -2.09. The second-order valence-corrected chi connectivity index (χ2v) is 4.52. The van der Waals surface area contributed by atoms with Crippen molar-refractivity contribution in [3.8, 4) is 0 Å². The summed E-state index contributed by atoms with van der Waals surface area (Å²) in [7, 11) is 1.88. The van der Waals surface area contributed by atoms with Gasteiger partial charge in [-0.15, -0.1) is 0 Å². The van der Waals surface area contributed by atoms with Gasteiger partial charge in [-0.2, -0.15) is 5.10 Å². The van der Waals surface area contributed by atoms with E-state index in [1.807, 2.05) is 25.2 Å². The van der Waals surface area contributed by atoms with E-state index in [0.717, 1.165) is 16.6 Å². The average molecular weight is 267 g/mol. The van der Waals surface area contributed by atoms with Gasteiger partial charge in [0.15, 0.2) is 0 Å². The van der Waals surface area contributed by atoms with Crippen molar-refractivity contribution in [3.63, 3.8) is 0 Å². The maximum absolute atomic E-state index is 11.2. The molecule has 0 saturated heterocycles. The number of hydrogen-bond acceptors (Lipinski definition) is 3. The quantitative estimate of drug-likeness (QED) is 0.765. The molecule has 0 saturated carbocycles. The van der Waals surface area contributed by atoms with Crippen molar-refractivity contribution in [1.29, 1.82) is 0 Å². The van der Waals surface area contributed by atoms with E-state index in [4.69, 9.17) is 5.11 Å². The Morgan fingerprint density at radius 1 is 1.25 bits per heavy atom. The molecule has 0 bridgehead atoms. The zero-order chi connectivity index (χ0) is 14.1. The molecule has 5 nitrogen and oxygen atoms in total. The summed E-state index contributed by atoms with van der Waals surface area (Å²) in [5, 5.41) is 17.5. The minimum absolute atomic E-state index is 0.249. The molecular formula is C15H13N3O2. The van der Waals surface area contributed by atoms with Crippen molar-refractivity contribution in [2.45, 2.75) is 0 Å². The van der Waals surface area contributed by atoms with Gasteiger partial charge in [-0.3, -0.25) is 4.68 Å². The van der Waals surface area contributed by atoms with Crippen molar-refractivity contribution in [1.82, 2.24) is 9.78 Å². The standard InChI is InChI=1S/C15H13N3O2/c1-18-14-7-6-11(8-10(14)9-16-18)17-13-5-3-2-4-12(13)15(19)20/h2-9,17H,1H3,(H,19,20). The first kappa shape index (κ1) is 12.2. The number of benzene rings is 2. The van der Waals surface area contributed by atoms with E-state index in [1.54, 1.807) is 35.1 Å². The van der Waals surface area contributed by atoms with Gasteiger partial charge in [0.2, 0.25) is 0 Å². The number of carboxylic acid groups (broad SMARTS) is 1. The molecule has 3 aromatic rings. The SMILES string of the molecule is Cn1ncc2cc(Nc3ccccc3C(=O)O)ccc21. The van der Waals surface area contributed by atoms with E-state index >= 15 is 0 Å². The Bertz CT molecular complexity index is 793. The first-order chi connectivity index (χ1) is 9.65. The number of rotatable bonds is 3. The maximum Gasteiger partial charge on any atom is 0.337 e. The van der Waals surface area contributed by atoms with Crippen molar-refractivity contribution >= 4 is 28.2 Å². The molecule has 20 heavy (non-hydrogen) atoms. The molecule has 2 N–H and O–H groups in total. The number of anilines is 2. The molecule has 0 aliphatic rings. The van der Waals surface area contributed by atoms with Gasteiger partial charge >= 0.3 is 5.97 Å². The first-order valence-electron chi connectivity index (χ1n) is 6.16. The molecule has 0 atom stereocenters. The third-order valence-electron chi connectivity index (χ3n) is 3.18. The topological polar surface area (TPSA) is 67.2 Å². The Hall–Kier alpha value is -2.82. The molecule has 2 aromatic carbocycles. The number of aryl methyl sites for hydroxylation is 1. The molecule has 0 radical (unpaired) electrons. The zero-order valence-corrected chi connectivity index (χ0v) is 10.9. The molecule has 1 aromatic heterocycles. The molecule has 0 aliphatic heterocycles. The van der Waals surface area contributed by atoms with Crippen LogP contribution >= 0.6 is 0 Å². The van der Waals surface area contributed by atoms with Gasteiger partial charge in [0.25, 0.3) is 0 Å². The predicted octanol–water partition coefficient (Wildman–Crippen LogP) is 3.02. The fourth-order valence-corrected chi connectivity index (χ4v) is 2.18. The molecule has 0 aliphatic carbocycles. The van der Waals surface area contributed by atoms with Gasteiger partial charge in [-0.25, -0.2) is 4.79 Å². The molecule has 0 fully saturated rings. The van der Waals surface area contributed by atoms with Crippen LogP contribution in [0.3, 0.4) is 0 Å². The van der Waals surface area contributed by atoms with E-state index in [9.17, 15) is 4.79 Å². The van der Waals surface area contributed by atoms with Crippen molar-refractivity contribution in [3.05, 3.63) is 54.2 Å². The summed E-state index contributed by atoms with van der Waals surface area (Å²) < 4.78 is 1.80. The normalized spacial score (nSPS) is 10.7. The number of para-hydroxylation sites is 1. The van der Waals surface area contributed by atoms with Crippen molar-refractivity contribution in [2.75, 3.05) is 5.32 Å². The summed E-state index contributed by atoms with van der Waals surface area (Å²) in [6.45, 7) is 0. The van der Waals surface area contributed by atoms with Crippen LogP contribution in [-0.2, 0) is 7.05 Å². The molecule has 1 heterocycles.